The van der Waals surface area contributed by atoms with E-state index in [9.17, 15) is 26.4 Å². The maximum Gasteiger partial charge on any atom is 0.243 e. The van der Waals surface area contributed by atoms with E-state index in [1.54, 1.807) is 6.92 Å². The number of benzene rings is 1. The van der Waals surface area contributed by atoms with Crippen molar-refractivity contribution < 1.29 is 26.4 Å². The Morgan fingerprint density at radius 3 is 2.33 bits per heavy atom. The third-order valence-electron chi connectivity index (χ3n) is 4.08. The van der Waals surface area contributed by atoms with Gasteiger partial charge in [-0.1, -0.05) is 6.92 Å². The molecule has 0 radical (unpaired) electrons. The van der Waals surface area contributed by atoms with Crippen LogP contribution >= 0.6 is 0 Å². The van der Waals surface area contributed by atoms with Crippen LogP contribution in [-0.4, -0.2) is 63.6 Å². The van der Waals surface area contributed by atoms with E-state index in [1.807, 2.05) is 0 Å². The van der Waals surface area contributed by atoms with Crippen molar-refractivity contribution >= 4 is 37.4 Å². The lowest BCUT2D eigenvalue weighted by Gasteiger charge is -2.21. The first-order valence-corrected chi connectivity index (χ1v) is 11.7. The van der Waals surface area contributed by atoms with Crippen molar-refractivity contribution in [2.45, 2.75) is 31.2 Å². The Bertz CT molecular complexity index is 910. The van der Waals surface area contributed by atoms with Crippen LogP contribution in [0.5, 0.6) is 0 Å². The SMILES string of the molecule is CCN(CC(=O)NC1CCS(=O)(=O)C1)S(=O)(=O)c1ccc(NC(C)=O)cc1. The van der Waals surface area contributed by atoms with Gasteiger partial charge in [0.15, 0.2) is 9.84 Å². The average Bonchev–Trinajstić information content (AvgIpc) is 2.91. The van der Waals surface area contributed by atoms with Gasteiger partial charge in [-0.3, -0.25) is 9.59 Å². The highest BCUT2D eigenvalue weighted by Crippen LogP contribution is 2.18. The number of nitrogens with zero attached hydrogens (tertiary/aromatic N) is 1. The van der Waals surface area contributed by atoms with E-state index in [-0.39, 0.29) is 28.9 Å². The molecule has 1 aromatic rings. The molecule has 0 spiro atoms. The summed E-state index contributed by atoms with van der Waals surface area (Å²) in [5.41, 5.74) is 0.463. The predicted octanol–water partition coefficient (Wildman–Crippen LogP) is -0.0411. The number of amides is 2. The zero-order valence-corrected chi connectivity index (χ0v) is 16.8. The summed E-state index contributed by atoms with van der Waals surface area (Å²) in [6.45, 7) is 2.63. The molecule has 0 aromatic heterocycles. The van der Waals surface area contributed by atoms with Gasteiger partial charge in [0.05, 0.1) is 22.9 Å². The molecule has 2 amide bonds. The van der Waals surface area contributed by atoms with Crippen LogP contribution < -0.4 is 10.6 Å². The number of hydrogen-bond donors (Lipinski definition) is 2. The minimum absolute atomic E-state index is 0.00491. The number of sulfone groups is 1. The van der Waals surface area contributed by atoms with E-state index in [0.717, 1.165) is 4.31 Å². The van der Waals surface area contributed by atoms with Crippen molar-refractivity contribution in [3.05, 3.63) is 24.3 Å². The number of carbonyl (C=O) groups excluding carboxylic acids is 2. The predicted molar refractivity (Wildman–Crippen MR) is 100 cm³/mol. The lowest BCUT2D eigenvalue weighted by atomic mass is 10.2. The molecule has 0 aliphatic carbocycles. The van der Waals surface area contributed by atoms with Gasteiger partial charge in [0.2, 0.25) is 21.8 Å². The topological polar surface area (TPSA) is 130 Å². The molecule has 11 heteroatoms. The van der Waals surface area contributed by atoms with Gasteiger partial charge in [-0.05, 0) is 30.7 Å². The Balaban J connectivity index is 2.06. The fourth-order valence-electron chi connectivity index (χ4n) is 2.77. The van der Waals surface area contributed by atoms with Crippen molar-refractivity contribution in [3.8, 4) is 0 Å². The number of rotatable bonds is 7. The standard InChI is InChI=1S/C16H23N3O6S2/c1-3-19(10-16(21)18-14-8-9-26(22,23)11-14)27(24,25)15-6-4-13(5-7-15)17-12(2)20/h4-7,14H,3,8-11H2,1-2H3,(H,17,20)(H,18,21). The molecule has 0 saturated carbocycles. The third-order valence-corrected chi connectivity index (χ3v) is 7.79. The van der Waals surface area contributed by atoms with E-state index >= 15 is 0 Å². The van der Waals surface area contributed by atoms with Gasteiger partial charge in [0.25, 0.3) is 0 Å². The smallest absolute Gasteiger partial charge is 0.243 e. The Labute approximate surface area is 159 Å². The van der Waals surface area contributed by atoms with Crippen LogP contribution in [0.2, 0.25) is 0 Å². The zero-order chi connectivity index (χ0) is 20.2. The van der Waals surface area contributed by atoms with Crippen molar-refractivity contribution in [2.24, 2.45) is 0 Å². The van der Waals surface area contributed by atoms with E-state index in [2.05, 4.69) is 10.6 Å². The molecule has 150 valence electrons. The second-order valence-electron chi connectivity index (χ2n) is 6.30. The molecule has 1 atom stereocenters. The number of carbonyl (C=O) groups is 2. The number of hydrogen-bond acceptors (Lipinski definition) is 6. The van der Waals surface area contributed by atoms with Gasteiger partial charge < -0.3 is 10.6 Å². The van der Waals surface area contributed by atoms with Crippen LogP contribution in [0.1, 0.15) is 20.3 Å². The molecule has 1 fully saturated rings. The number of likely N-dealkylation sites (N-methyl/N-ethyl adjacent to an activating group) is 1. The average molecular weight is 418 g/mol. The molecule has 1 aromatic carbocycles. The summed E-state index contributed by atoms with van der Waals surface area (Å²) >= 11 is 0. The van der Waals surface area contributed by atoms with Crippen LogP contribution in [0.25, 0.3) is 0 Å². The Morgan fingerprint density at radius 2 is 1.85 bits per heavy atom. The minimum atomic E-state index is -3.91. The molecule has 27 heavy (non-hydrogen) atoms. The summed E-state index contributed by atoms with van der Waals surface area (Å²) in [6, 6.07) is 5.15. The van der Waals surface area contributed by atoms with Gasteiger partial charge in [0, 0.05) is 25.2 Å². The summed E-state index contributed by atoms with van der Waals surface area (Å²) in [7, 11) is -7.04. The maximum absolute atomic E-state index is 12.7. The second kappa shape index (κ2) is 8.36. The normalized spacial score (nSPS) is 19.0. The molecule has 1 unspecified atom stereocenters. The fourth-order valence-corrected chi connectivity index (χ4v) is 5.85. The summed E-state index contributed by atoms with van der Waals surface area (Å²) < 4.78 is 49.4. The fraction of sp³-hybridized carbons (Fsp3) is 0.500. The lowest BCUT2D eigenvalue weighted by Crippen LogP contribution is -2.44. The van der Waals surface area contributed by atoms with E-state index in [4.69, 9.17) is 0 Å². The third kappa shape index (κ3) is 5.75. The van der Waals surface area contributed by atoms with Gasteiger partial charge >= 0.3 is 0 Å². The monoisotopic (exact) mass is 417 g/mol. The van der Waals surface area contributed by atoms with Crippen molar-refractivity contribution in [1.29, 1.82) is 0 Å². The van der Waals surface area contributed by atoms with Gasteiger partial charge in [-0.15, -0.1) is 0 Å². The van der Waals surface area contributed by atoms with Gasteiger partial charge in [-0.2, -0.15) is 4.31 Å². The summed E-state index contributed by atoms with van der Waals surface area (Å²) in [6.07, 6.45) is 0.331. The molecule has 2 N–H and O–H groups in total. The Morgan fingerprint density at radius 1 is 1.22 bits per heavy atom. The van der Waals surface area contributed by atoms with Crippen molar-refractivity contribution in [1.82, 2.24) is 9.62 Å². The molecule has 1 aliphatic rings. The van der Waals surface area contributed by atoms with Crippen molar-refractivity contribution in [2.75, 3.05) is 29.9 Å². The van der Waals surface area contributed by atoms with Crippen LogP contribution in [0.4, 0.5) is 5.69 Å². The van der Waals surface area contributed by atoms with Gasteiger partial charge in [-0.25, -0.2) is 16.8 Å². The molecule has 9 nitrogen and oxygen atoms in total. The first kappa shape index (κ1) is 21.3. The Kier molecular flexibility index (Phi) is 6.60. The van der Waals surface area contributed by atoms with Gasteiger partial charge in [0.1, 0.15) is 0 Å². The largest absolute Gasteiger partial charge is 0.351 e. The summed E-state index contributed by atoms with van der Waals surface area (Å²) in [5.74, 6) is -0.917. The summed E-state index contributed by atoms with van der Waals surface area (Å²) in [4.78, 5) is 23.2. The number of nitrogens with one attached hydrogen (secondary N) is 2. The maximum atomic E-state index is 12.7. The number of sulfonamides is 1. The Hall–Kier alpha value is -1.98. The first-order chi connectivity index (χ1) is 12.5. The lowest BCUT2D eigenvalue weighted by molar-refractivity contribution is -0.121. The quantitative estimate of drug-likeness (QED) is 0.640. The molecule has 1 heterocycles. The van der Waals surface area contributed by atoms with Crippen LogP contribution in [0.3, 0.4) is 0 Å². The molecule has 1 aliphatic heterocycles. The van der Waals surface area contributed by atoms with Crippen LogP contribution in [0, 0.1) is 0 Å². The van der Waals surface area contributed by atoms with E-state index < -0.39 is 38.4 Å². The highest BCUT2D eigenvalue weighted by Gasteiger charge is 2.31. The first-order valence-electron chi connectivity index (χ1n) is 8.41. The molecular formula is C16H23N3O6S2. The zero-order valence-electron chi connectivity index (χ0n) is 15.1. The van der Waals surface area contributed by atoms with Crippen molar-refractivity contribution in [3.63, 3.8) is 0 Å². The highest BCUT2D eigenvalue weighted by atomic mass is 32.2. The van der Waals surface area contributed by atoms with Crippen LogP contribution in [0.15, 0.2) is 29.2 Å². The van der Waals surface area contributed by atoms with Crippen LogP contribution in [-0.2, 0) is 29.4 Å². The molecule has 0 bridgehead atoms. The molecular weight excluding hydrogens is 394 g/mol. The minimum Gasteiger partial charge on any atom is -0.351 e. The van der Waals surface area contributed by atoms with E-state index in [1.165, 1.54) is 31.2 Å². The van der Waals surface area contributed by atoms with E-state index in [0.29, 0.717) is 12.1 Å². The number of anilines is 1. The molecule has 1 saturated heterocycles. The second-order valence-corrected chi connectivity index (χ2v) is 10.5. The summed E-state index contributed by atoms with van der Waals surface area (Å²) in [5, 5.41) is 5.13. The molecule has 2 rings (SSSR count). The highest BCUT2D eigenvalue weighted by molar-refractivity contribution is 7.91.